The molecule has 1 atom stereocenters. The van der Waals surface area contributed by atoms with Crippen LogP contribution in [0.3, 0.4) is 0 Å². The number of rotatable bonds is 4. The van der Waals surface area contributed by atoms with E-state index in [2.05, 4.69) is 22.5 Å². The van der Waals surface area contributed by atoms with Crippen molar-refractivity contribution in [2.24, 2.45) is 0 Å². The van der Waals surface area contributed by atoms with E-state index in [1.165, 1.54) is 24.0 Å². The third-order valence-electron chi connectivity index (χ3n) is 4.01. The Morgan fingerprint density at radius 1 is 1.33 bits per heavy atom. The van der Waals surface area contributed by atoms with Gasteiger partial charge in [-0.3, -0.25) is 9.48 Å². The molecule has 1 N–H and O–H groups in total. The molecule has 1 aromatic carbocycles. The smallest absolute Gasteiger partial charge is 0.251 e. The quantitative estimate of drug-likeness (QED) is 0.937. The number of hydrogen-bond acceptors (Lipinski definition) is 2. The summed E-state index contributed by atoms with van der Waals surface area (Å²) in [5, 5.41) is 7.20. The Morgan fingerprint density at radius 3 is 2.90 bits per heavy atom. The Hall–Kier alpha value is -2.10. The third kappa shape index (κ3) is 3.32. The summed E-state index contributed by atoms with van der Waals surface area (Å²) >= 11 is 0. The van der Waals surface area contributed by atoms with Crippen LogP contribution in [0.2, 0.25) is 0 Å². The molecule has 0 aliphatic heterocycles. The van der Waals surface area contributed by atoms with E-state index in [9.17, 15) is 4.79 Å². The van der Waals surface area contributed by atoms with Gasteiger partial charge in [0.05, 0.1) is 6.54 Å². The fourth-order valence-electron chi connectivity index (χ4n) is 2.92. The van der Waals surface area contributed by atoms with Crippen molar-refractivity contribution in [2.75, 3.05) is 0 Å². The first-order valence-electron chi connectivity index (χ1n) is 7.62. The summed E-state index contributed by atoms with van der Waals surface area (Å²) in [7, 11) is 0. The van der Waals surface area contributed by atoms with E-state index in [4.69, 9.17) is 0 Å². The molecule has 0 bridgehead atoms. The largest absolute Gasteiger partial charge is 0.348 e. The maximum Gasteiger partial charge on any atom is 0.251 e. The van der Waals surface area contributed by atoms with Crippen molar-refractivity contribution in [1.82, 2.24) is 15.1 Å². The van der Waals surface area contributed by atoms with Crippen molar-refractivity contribution in [1.29, 1.82) is 0 Å². The monoisotopic (exact) mass is 283 g/mol. The fourth-order valence-corrected chi connectivity index (χ4v) is 2.92. The number of benzene rings is 1. The van der Waals surface area contributed by atoms with Crippen molar-refractivity contribution in [3.8, 4) is 0 Å². The van der Waals surface area contributed by atoms with Crippen molar-refractivity contribution in [2.45, 2.75) is 45.2 Å². The van der Waals surface area contributed by atoms with Crippen LogP contribution >= 0.6 is 0 Å². The van der Waals surface area contributed by atoms with E-state index in [1.807, 2.05) is 29.9 Å². The zero-order valence-corrected chi connectivity index (χ0v) is 12.4. The van der Waals surface area contributed by atoms with Crippen LogP contribution in [0.1, 0.15) is 41.3 Å². The minimum Gasteiger partial charge on any atom is -0.348 e. The number of amides is 1. The third-order valence-corrected chi connectivity index (χ3v) is 4.01. The molecule has 0 unspecified atom stereocenters. The predicted octanol–water partition coefficient (Wildman–Crippen LogP) is 2.58. The average molecular weight is 283 g/mol. The van der Waals surface area contributed by atoms with Gasteiger partial charge in [0.1, 0.15) is 0 Å². The van der Waals surface area contributed by atoms with Gasteiger partial charge >= 0.3 is 0 Å². The van der Waals surface area contributed by atoms with E-state index in [0.29, 0.717) is 6.54 Å². The van der Waals surface area contributed by atoms with Gasteiger partial charge < -0.3 is 5.32 Å². The summed E-state index contributed by atoms with van der Waals surface area (Å²) in [6, 6.07) is 8.05. The molecule has 1 amide bonds. The number of nitrogens with one attached hydrogen (secondary N) is 1. The van der Waals surface area contributed by atoms with E-state index in [-0.39, 0.29) is 11.9 Å². The molecular weight excluding hydrogens is 262 g/mol. The zero-order chi connectivity index (χ0) is 14.7. The van der Waals surface area contributed by atoms with Crippen molar-refractivity contribution in [3.05, 3.63) is 53.3 Å². The lowest BCUT2D eigenvalue weighted by molar-refractivity contribution is 0.0936. The maximum absolute atomic E-state index is 12.3. The first kappa shape index (κ1) is 13.9. The molecule has 2 aromatic rings. The Morgan fingerprint density at radius 2 is 2.14 bits per heavy atom. The van der Waals surface area contributed by atoms with Gasteiger partial charge in [-0.25, -0.2) is 0 Å². The molecule has 110 valence electrons. The second kappa shape index (κ2) is 6.12. The van der Waals surface area contributed by atoms with Crippen LogP contribution < -0.4 is 5.32 Å². The number of aryl methyl sites for hydroxylation is 2. The van der Waals surface area contributed by atoms with Gasteiger partial charge in [0, 0.05) is 24.0 Å². The second-order valence-corrected chi connectivity index (χ2v) is 5.79. The summed E-state index contributed by atoms with van der Waals surface area (Å²) in [4.78, 5) is 12.3. The van der Waals surface area contributed by atoms with Gasteiger partial charge in [0.2, 0.25) is 0 Å². The number of hydrogen-bond donors (Lipinski definition) is 1. The summed E-state index contributed by atoms with van der Waals surface area (Å²) < 4.78 is 1.83. The topological polar surface area (TPSA) is 46.9 Å². The lowest BCUT2D eigenvalue weighted by Gasteiger charge is -2.18. The lowest BCUT2D eigenvalue weighted by Crippen LogP contribution is -2.35. The van der Waals surface area contributed by atoms with Crippen LogP contribution in [0.15, 0.2) is 36.7 Å². The van der Waals surface area contributed by atoms with Gasteiger partial charge in [0.25, 0.3) is 5.91 Å². The zero-order valence-electron chi connectivity index (χ0n) is 12.4. The number of nitrogens with zero attached hydrogens (tertiary/aromatic N) is 2. The van der Waals surface area contributed by atoms with Crippen LogP contribution in [0.4, 0.5) is 0 Å². The molecule has 0 fully saturated rings. The van der Waals surface area contributed by atoms with E-state index >= 15 is 0 Å². The average Bonchev–Trinajstić information content (AvgIpc) is 2.99. The molecule has 4 nitrogen and oxygen atoms in total. The van der Waals surface area contributed by atoms with E-state index in [0.717, 1.165) is 18.4 Å². The Kier molecular flexibility index (Phi) is 4.04. The van der Waals surface area contributed by atoms with Gasteiger partial charge in [-0.05, 0) is 61.9 Å². The Balaban J connectivity index is 1.64. The van der Waals surface area contributed by atoms with Crippen LogP contribution in [-0.4, -0.2) is 21.7 Å². The number of aromatic nitrogens is 2. The van der Waals surface area contributed by atoms with Crippen molar-refractivity contribution >= 4 is 5.91 Å². The first-order valence-corrected chi connectivity index (χ1v) is 7.62. The standard InChI is InChI=1S/C17H21N3O/c1-13(12-20-10-4-9-18-20)19-17(21)16-8-7-14-5-2-3-6-15(14)11-16/h4,7-11,13H,2-3,5-6,12H2,1H3,(H,19,21)/t13-/m0/s1. The normalized spacial score (nSPS) is 15.3. The van der Waals surface area contributed by atoms with Gasteiger partial charge in [-0.1, -0.05) is 6.07 Å². The van der Waals surface area contributed by atoms with Crippen LogP contribution in [-0.2, 0) is 19.4 Å². The van der Waals surface area contributed by atoms with E-state index < -0.39 is 0 Å². The molecule has 1 aliphatic rings. The maximum atomic E-state index is 12.3. The highest BCUT2D eigenvalue weighted by Crippen LogP contribution is 2.22. The predicted molar refractivity (Wildman–Crippen MR) is 82.2 cm³/mol. The first-order chi connectivity index (χ1) is 10.2. The highest BCUT2D eigenvalue weighted by molar-refractivity contribution is 5.94. The highest BCUT2D eigenvalue weighted by atomic mass is 16.1. The molecule has 1 aliphatic carbocycles. The molecule has 0 radical (unpaired) electrons. The number of carbonyl (C=O) groups excluding carboxylic acids is 1. The molecule has 3 rings (SSSR count). The summed E-state index contributed by atoms with van der Waals surface area (Å²) in [6.45, 7) is 2.68. The summed E-state index contributed by atoms with van der Waals surface area (Å²) in [5.41, 5.74) is 3.51. The van der Waals surface area contributed by atoms with Crippen LogP contribution in [0.5, 0.6) is 0 Å². The lowest BCUT2D eigenvalue weighted by atomic mass is 9.90. The van der Waals surface area contributed by atoms with Gasteiger partial charge in [-0.15, -0.1) is 0 Å². The van der Waals surface area contributed by atoms with Crippen molar-refractivity contribution < 1.29 is 4.79 Å². The molecule has 1 aromatic heterocycles. The minimum absolute atomic E-state index is 0.00281. The molecular formula is C17H21N3O. The Labute approximate surface area is 125 Å². The van der Waals surface area contributed by atoms with E-state index in [1.54, 1.807) is 6.20 Å². The SMILES string of the molecule is C[C@@H](Cn1cccn1)NC(=O)c1ccc2c(c1)CCCC2. The van der Waals surface area contributed by atoms with Crippen LogP contribution in [0, 0.1) is 0 Å². The number of fused-ring (bicyclic) bond motifs is 1. The fraction of sp³-hybridized carbons (Fsp3) is 0.412. The minimum atomic E-state index is 0.00281. The molecule has 1 heterocycles. The Bertz CT molecular complexity index is 619. The van der Waals surface area contributed by atoms with Crippen molar-refractivity contribution in [3.63, 3.8) is 0 Å². The van der Waals surface area contributed by atoms with Gasteiger partial charge in [-0.2, -0.15) is 5.10 Å². The summed E-state index contributed by atoms with van der Waals surface area (Å²) in [6.07, 6.45) is 8.39. The molecule has 0 saturated carbocycles. The van der Waals surface area contributed by atoms with Gasteiger partial charge in [0.15, 0.2) is 0 Å². The molecule has 21 heavy (non-hydrogen) atoms. The second-order valence-electron chi connectivity index (χ2n) is 5.79. The number of carbonyl (C=O) groups is 1. The highest BCUT2D eigenvalue weighted by Gasteiger charge is 2.14. The molecule has 4 heteroatoms. The molecule has 0 spiro atoms. The summed E-state index contributed by atoms with van der Waals surface area (Å²) in [5.74, 6) is 0.00281. The molecule has 0 saturated heterocycles. The van der Waals surface area contributed by atoms with Crippen LogP contribution in [0.25, 0.3) is 0 Å².